The molecule has 0 spiro atoms. The summed E-state index contributed by atoms with van der Waals surface area (Å²) in [5, 5.41) is 0. The lowest BCUT2D eigenvalue weighted by molar-refractivity contribution is -0.160. The molecule has 0 bridgehead atoms. The van der Waals surface area contributed by atoms with Crippen molar-refractivity contribution in [3.63, 3.8) is 0 Å². The third-order valence-corrected chi connectivity index (χ3v) is 5.99. The number of amides is 1. The summed E-state index contributed by atoms with van der Waals surface area (Å²) in [5.74, 6) is -0.635. The van der Waals surface area contributed by atoms with E-state index in [2.05, 4.69) is 9.80 Å². The Morgan fingerprint density at radius 3 is 2.18 bits per heavy atom. The smallest absolute Gasteiger partial charge is 0.369 e. The number of anilines is 1. The summed E-state index contributed by atoms with van der Waals surface area (Å²) in [6.45, 7) is 3.96. The Kier molecular flexibility index (Phi) is 5.22. The highest BCUT2D eigenvalue weighted by atomic mass is 19.4. The van der Waals surface area contributed by atoms with Gasteiger partial charge in [-0.15, -0.1) is 0 Å². The minimum Gasteiger partial charge on any atom is -0.369 e. The summed E-state index contributed by atoms with van der Waals surface area (Å²) >= 11 is 0. The molecule has 5 nitrogen and oxygen atoms in total. The SMILES string of the molecule is O=C1C(N2CC(N3CCN(c4ccc(F)cc4)CC3)C2)CCN1CC(F)(F)F. The Bertz CT molecular complexity index is 697. The topological polar surface area (TPSA) is 30.0 Å². The van der Waals surface area contributed by atoms with Crippen LogP contribution in [-0.2, 0) is 4.79 Å². The zero-order valence-corrected chi connectivity index (χ0v) is 15.5. The zero-order chi connectivity index (χ0) is 19.9. The molecule has 3 aliphatic heterocycles. The summed E-state index contributed by atoms with van der Waals surface area (Å²) in [7, 11) is 0. The highest BCUT2D eigenvalue weighted by Gasteiger charge is 2.45. The fraction of sp³-hybridized carbons (Fsp3) is 0.632. The molecule has 0 aromatic heterocycles. The number of carbonyl (C=O) groups excluding carboxylic acids is 1. The van der Waals surface area contributed by atoms with Crippen molar-refractivity contribution in [1.29, 1.82) is 0 Å². The summed E-state index contributed by atoms with van der Waals surface area (Å²) in [5.41, 5.74) is 1.01. The van der Waals surface area contributed by atoms with Crippen LogP contribution in [0.2, 0.25) is 0 Å². The Labute approximate surface area is 161 Å². The lowest BCUT2D eigenvalue weighted by atomic mass is 10.0. The van der Waals surface area contributed by atoms with Crippen molar-refractivity contribution < 1.29 is 22.4 Å². The van der Waals surface area contributed by atoms with E-state index in [0.717, 1.165) is 49.9 Å². The summed E-state index contributed by atoms with van der Waals surface area (Å²) < 4.78 is 50.7. The quantitative estimate of drug-likeness (QED) is 0.721. The van der Waals surface area contributed by atoms with Crippen LogP contribution in [0.4, 0.5) is 23.2 Å². The van der Waals surface area contributed by atoms with Gasteiger partial charge in [0.1, 0.15) is 12.4 Å². The number of alkyl halides is 3. The van der Waals surface area contributed by atoms with Gasteiger partial charge in [0.05, 0.1) is 6.04 Å². The predicted octanol–water partition coefficient (Wildman–Crippen LogP) is 1.80. The molecule has 1 aromatic rings. The average Bonchev–Trinajstić information content (AvgIpc) is 2.94. The van der Waals surface area contributed by atoms with Crippen molar-refractivity contribution in [3.05, 3.63) is 30.1 Å². The normalized spacial score (nSPS) is 25.4. The van der Waals surface area contributed by atoms with Crippen LogP contribution in [0.15, 0.2) is 24.3 Å². The highest BCUT2D eigenvalue weighted by molar-refractivity contribution is 5.84. The molecule has 0 N–H and O–H groups in total. The molecule has 28 heavy (non-hydrogen) atoms. The number of rotatable bonds is 4. The molecule has 9 heteroatoms. The fourth-order valence-corrected chi connectivity index (χ4v) is 4.41. The Balaban J connectivity index is 1.23. The van der Waals surface area contributed by atoms with E-state index in [4.69, 9.17) is 0 Å². The second-order valence-electron chi connectivity index (χ2n) is 7.79. The Morgan fingerprint density at radius 1 is 0.929 bits per heavy atom. The van der Waals surface area contributed by atoms with E-state index in [1.165, 1.54) is 12.1 Å². The molecule has 0 aliphatic carbocycles. The molecular formula is C19H24F4N4O. The minimum atomic E-state index is -4.34. The lowest BCUT2D eigenvalue weighted by Crippen LogP contribution is -2.66. The van der Waals surface area contributed by atoms with Crippen molar-refractivity contribution in [2.75, 3.05) is 57.3 Å². The van der Waals surface area contributed by atoms with Crippen molar-refractivity contribution in [2.24, 2.45) is 0 Å². The number of hydrogen-bond acceptors (Lipinski definition) is 4. The van der Waals surface area contributed by atoms with Crippen molar-refractivity contribution in [1.82, 2.24) is 14.7 Å². The van der Waals surface area contributed by atoms with Crippen molar-refractivity contribution >= 4 is 11.6 Å². The number of benzene rings is 1. The fourth-order valence-electron chi connectivity index (χ4n) is 4.41. The molecule has 3 aliphatic rings. The number of nitrogens with zero attached hydrogens (tertiary/aromatic N) is 4. The molecule has 4 rings (SSSR count). The van der Waals surface area contributed by atoms with Crippen LogP contribution in [0.3, 0.4) is 0 Å². The van der Waals surface area contributed by atoms with Gasteiger partial charge in [-0.25, -0.2) is 4.39 Å². The monoisotopic (exact) mass is 400 g/mol. The lowest BCUT2D eigenvalue weighted by Gasteiger charge is -2.50. The van der Waals surface area contributed by atoms with Gasteiger partial charge in [0.2, 0.25) is 5.91 Å². The first-order chi connectivity index (χ1) is 13.3. The van der Waals surface area contributed by atoms with Gasteiger partial charge in [0.25, 0.3) is 0 Å². The number of halogens is 4. The van der Waals surface area contributed by atoms with Crippen molar-refractivity contribution in [2.45, 2.75) is 24.7 Å². The first-order valence-electron chi connectivity index (χ1n) is 9.64. The summed E-state index contributed by atoms with van der Waals surface area (Å²) in [6, 6.07) is 6.44. The van der Waals surface area contributed by atoms with E-state index in [1.807, 2.05) is 4.90 Å². The molecule has 1 amide bonds. The molecule has 3 fully saturated rings. The maximum atomic E-state index is 13.1. The number of piperazine rings is 1. The largest absolute Gasteiger partial charge is 0.406 e. The van der Waals surface area contributed by atoms with Gasteiger partial charge in [0.15, 0.2) is 0 Å². The maximum Gasteiger partial charge on any atom is 0.406 e. The Morgan fingerprint density at radius 2 is 1.57 bits per heavy atom. The first-order valence-corrected chi connectivity index (χ1v) is 9.64. The molecule has 3 heterocycles. The van der Waals surface area contributed by atoms with Crippen LogP contribution in [0.25, 0.3) is 0 Å². The van der Waals surface area contributed by atoms with E-state index in [1.54, 1.807) is 12.1 Å². The minimum absolute atomic E-state index is 0.181. The van der Waals surface area contributed by atoms with Crippen LogP contribution in [0.1, 0.15) is 6.42 Å². The third-order valence-electron chi connectivity index (χ3n) is 5.99. The van der Waals surface area contributed by atoms with Gasteiger partial charge in [-0.1, -0.05) is 0 Å². The molecular weight excluding hydrogens is 376 g/mol. The van der Waals surface area contributed by atoms with Crippen LogP contribution in [-0.4, -0.2) is 91.2 Å². The second-order valence-corrected chi connectivity index (χ2v) is 7.79. The van der Waals surface area contributed by atoms with Gasteiger partial charge in [-0.2, -0.15) is 13.2 Å². The molecule has 1 atom stereocenters. The Hall–Kier alpha value is -1.87. The van der Waals surface area contributed by atoms with E-state index < -0.39 is 24.7 Å². The predicted molar refractivity (Wildman–Crippen MR) is 96.6 cm³/mol. The molecule has 1 unspecified atom stereocenters. The standard InChI is InChI=1S/C19H24F4N4O/c20-14-1-3-15(4-2-14)24-7-9-25(10-8-24)16-11-27(12-16)17-5-6-26(18(17)28)13-19(21,22)23/h1-4,16-17H,5-13H2. The molecule has 0 radical (unpaired) electrons. The number of hydrogen-bond donors (Lipinski definition) is 0. The van der Waals surface area contributed by atoms with Crippen LogP contribution in [0.5, 0.6) is 0 Å². The number of carbonyl (C=O) groups is 1. The zero-order valence-electron chi connectivity index (χ0n) is 15.5. The van der Waals surface area contributed by atoms with E-state index in [9.17, 15) is 22.4 Å². The van der Waals surface area contributed by atoms with Crippen LogP contribution >= 0.6 is 0 Å². The van der Waals surface area contributed by atoms with E-state index in [0.29, 0.717) is 12.5 Å². The van der Waals surface area contributed by atoms with Gasteiger partial charge in [0, 0.05) is 57.5 Å². The first kappa shape index (κ1) is 19.4. The van der Waals surface area contributed by atoms with E-state index >= 15 is 0 Å². The summed E-state index contributed by atoms with van der Waals surface area (Å²) in [4.78, 5) is 19.8. The van der Waals surface area contributed by atoms with E-state index in [-0.39, 0.29) is 12.4 Å². The average molecular weight is 400 g/mol. The molecule has 3 saturated heterocycles. The maximum absolute atomic E-state index is 13.1. The van der Waals surface area contributed by atoms with Gasteiger partial charge >= 0.3 is 6.18 Å². The third kappa shape index (κ3) is 4.10. The highest BCUT2D eigenvalue weighted by Crippen LogP contribution is 2.28. The molecule has 1 aromatic carbocycles. The number of likely N-dealkylation sites (tertiary alicyclic amines) is 2. The van der Waals surface area contributed by atoms with Gasteiger partial charge < -0.3 is 9.80 Å². The van der Waals surface area contributed by atoms with Crippen molar-refractivity contribution in [3.8, 4) is 0 Å². The molecule has 154 valence electrons. The summed E-state index contributed by atoms with van der Waals surface area (Å²) in [6.07, 6.45) is -3.87. The second kappa shape index (κ2) is 7.51. The van der Waals surface area contributed by atoms with Gasteiger partial charge in [-0.05, 0) is 30.7 Å². The van der Waals surface area contributed by atoms with Gasteiger partial charge in [-0.3, -0.25) is 14.6 Å². The molecule has 0 saturated carbocycles. The van der Waals surface area contributed by atoms with Crippen LogP contribution in [0, 0.1) is 5.82 Å². The van der Waals surface area contributed by atoms with Crippen LogP contribution < -0.4 is 4.90 Å².